The summed E-state index contributed by atoms with van der Waals surface area (Å²) in [6.45, 7) is 1.02. The summed E-state index contributed by atoms with van der Waals surface area (Å²) >= 11 is 5.55. The summed E-state index contributed by atoms with van der Waals surface area (Å²) in [7, 11) is 0. The molecule has 1 heterocycles. The summed E-state index contributed by atoms with van der Waals surface area (Å²) in [6.07, 6.45) is 8.43. The lowest BCUT2D eigenvalue weighted by Gasteiger charge is -1.97. The van der Waals surface area contributed by atoms with Gasteiger partial charge in [0.15, 0.2) is 0 Å². The van der Waals surface area contributed by atoms with Crippen LogP contribution in [0.4, 0.5) is 0 Å². The maximum absolute atomic E-state index is 5.55. The first-order chi connectivity index (χ1) is 5.43. The summed E-state index contributed by atoms with van der Waals surface area (Å²) in [6, 6.07) is 0. The zero-order chi connectivity index (χ0) is 7.94. The smallest absolute Gasteiger partial charge is 0.0810 e. The van der Waals surface area contributed by atoms with Crippen LogP contribution in [-0.4, -0.2) is 18.6 Å². The second kappa shape index (κ2) is 5.84. The van der Waals surface area contributed by atoms with Gasteiger partial charge in [-0.15, -0.1) is 11.6 Å². The van der Waals surface area contributed by atoms with Crippen LogP contribution in [0.5, 0.6) is 0 Å². The van der Waals surface area contributed by atoms with Crippen molar-refractivity contribution in [1.82, 2.24) is 0 Å². The molecule has 1 atom stereocenters. The molecule has 0 aromatic heterocycles. The molecular weight excluding hydrogens is 160 g/mol. The maximum Gasteiger partial charge on any atom is 0.0810 e. The van der Waals surface area contributed by atoms with Gasteiger partial charge < -0.3 is 4.74 Å². The number of hydrogen-bond donors (Lipinski definition) is 0. The fraction of sp³-hybridized carbons (Fsp3) is 1.00. The molecule has 0 aromatic rings. The summed E-state index contributed by atoms with van der Waals surface area (Å²) in [4.78, 5) is 0. The van der Waals surface area contributed by atoms with Crippen molar-refractivity contribution in [3.8, 4) is 0 Å². The van der Waals surface area contributed by atoms with Crippen molar-refractivity contribution in [2.45, 2.75) is 44.6 Å². The van der Waals surface area contributed by atoms with Gasteiger partial charge in [0.1, 0.15) is 0 Å². The van der Waals surface area contributed by atoms with Gasteiger partial charge >= 0.3 is 0 Å². The van der Waals surface area contributed by atoms with E-state index in [2.05, 4.69) is 0 Å². The van der Waals surface area contributed by atoms with E-state index >= 15 is 0 Å². The molecule has 2 heteroatoms. The van der Waals surface area contributed by atoms with E-state index in [1.807, 2.05) is 0 Å². The van der Waals surface area contributed by atoms with Gasteiger partial charge in [-0.05, 0) is 12.8 Å². The largest absolute Gasteiger partial charge is 0.373 e. The minimum absolute atomic E-state index is 0.628. The predicted molar refractivity (Wildman–Crippen MR) is 48.2 cm³/mol. The molecule has 0 bridgehead atoms. The van der Waals surface area contributed by atoms with Crippen LogP contribution >= 0.6 is 11.6 Å². The minimum Gasteiger partial charge on any atom is -0.373 e. The van der Waals surface area contributed by atoms with Crippen LogP contribution in [0, 0.1) is 0 Å². The third-order valence-corrected chi connectivity index (χ3v) is 2.33. The molecule has 0 radical (unpaired) electrons. The highest BCUT2D eigenvalue weighted by atomic mass is 35.5. The zero-order valence-electron chi connectivity index (χ0n) is 7.02. The van der Waals surface area contributed by atoms with Gasteiger partial charge in [-0.3, -0.25) is 0 Å². The van der Waals surface area contributed by atoms with Crippen molar-refractivity contribution in [2.75, 3.05) is 12.5 Å². The molecule has 1 fully saturated rings. The van der Waals surface area contributed by atoms with Crippen LogP contribution in [0.2, 0.25) is 0 Å². The SMILES string of the molecule is ClCCCCCCCC1CO1. The van der Waals surface area contributed by atoms with Gasteiger partial charge in [0.05, 0.1) is 12.7 Å². The van der Waals surface area contributed by atoms with Crippen LogP contribution in [0.25, 0.3) is 0 Å². The van der Waals surface area contributed by atoms with Crippen molar-refractivity contribution in [1.29, 1.82) is 0 Å². The van der Waals surface area contributed by atoms with Crippen LogP contribution in [-0.2, 0) is 4.74 Å². The molecule has 1 aliphatic rings. The van der Waals surface area contributed by atoms with E-state index in [0.29, 0.717) is 6.10 Å². The van der Waals surface area contributed by atoms with Crippen LogP contribution in [0.3, 0.4) is 0 Å². The number of epoxide rings is 1. The van der Waals surface area contributed by atoms with E-state index in [9.17, 15) is 0 Å². The third-order valence-electron chi connectivity index (χ3n) is 2.06. The Kier molecular flexibility index (Phi) is 4.96. The van der Waals surface area contributed by atoms with E-state index in [4.69, 9.17) is 16.3 Å². The first-order valence-electron chi connectivity index (χ1n) is 4.61. The Morgan fingerprint density at radius 2 is 1.73 bits per heavy atom. The number of halogens is 1. The van der Waals surface area contributed by atoms with Crippen molar-refractivity contribution >= 4 is 11.6 Å². The molecule has 66 valence electrons. The number of hydrogen-bond acceptors (Lipinski definition) is 1. The molecule has 1 unspecified atom stereocenters. The van der Waals surface area contributed by atoms with Gasteiger partial charge in [0.25, 0.3) is 0 Å². The molecule has 0 aromatic carbocycles. The van der Waals surface area contributed by atoms with Crippen LogP contribution in [0.15, 0.2) is 0 Å². The molecular formula is C9H17ClO. The molecule has 0 aliphatic carbocycles. The average molecular weight is 177 g/mol. The van der Waals surface area contributed by atoms with Crippen molar-refractivity contribution in [3.05, 3.63) is 0 Å². The van der Waals surface area contributed by atoms with Crippen LogP contribution < -0.4 is 0 Å². The van der Waals surface area contributed by atoms with Crippen molar-refractivity contribution in [2.24, 2.45) is 0 Å². The first kappa shape index (κ1) is 9.34. The Morgan fingerprint density at radius 1 is 1.09 bits per heavy atom. The Bertz CT molecular complexity index is 91.6. The molecule has 0 N–H and O–H groups in total. The number of unbranched alkanes of at least 4 members (excludes halogenated alkanes) is 4. The van der Waals surface area contributed by atoms with Gasteiger partial charge in [-0.2, -0.15) is 0 Å². The van der Waals surface area contributed by atoms with E-state index < -0.39 is 0 Å². The van der Waals surface area contributed by atoms with Gasteiger partial charge in [0.2, 0.25) is 0 Å². The Hall–Kier alpha value is 0.250. The summed E-state index contributed by atoms with van der Waals surface area (Å²) in [5, 5.41) is 0. The predicted octanol–water partition coefficient (Wildman–Crippen LogP) is 2.96. The second-order valence-corrected chi connectivity index (χ2v) is 3.58. The Labute approximate surface area is 74.1 Å². The number of alkyl halides is 1. The molecule has 1 saturated heterocycles. The topological polar surface area (TPSA) is 12.5 Å². The molecule has 0 amide bonds. The van der Waals surface area contributed by atoms with E-state index in [1.54, 1.807) is 0 Å². The summed E-state index contributed by atoms with van der Waals surface area (Å²) in [5.74, 6) is 0.825. The lowest BCUT2D eigenvalue weighted by atomic mass is 10.1. The molecule has 0 spiro atoms. The summed E-state index contributed by atoms with van der Waals surface area (Å²) in [5.41, 5.74) is 0. The second-order valence-electron chi connectivity index (χ2n) is 3.20. The van der Waals surface area contributed by atoms with Gasteiger partial charge in [0, 0.05) is 5.88 Å². The third kappa shape index (κ3) is 5.51. The lowest BCUT2D eigenvalue weighted by molar-refractivity contribution is 0.388. The Morgan fingerprint density at radius 3 is 2.36 bits per heavy atom. The molecule has 1 rings (SSSR count). The number of ether oxygens (including phenoxy) is 1. The molecule has 0 saturated carbocycles. The minimum atomic E-state index is 0.628. The Balaban J connectivity index is 1.66. The van der Waals surface area contributed by atoms with E-state index in [0.717, 1.165) is 12.5 Å². The van der Waals surface area contributed by atoms with Crippen molar-refractivity contribution < 1.29 is 4.74 Å². The highest BCUT2D eigenvalue weighted by Crippen LogP contribution is 2.17. The van der Waals surface area contributed by atoms with Gasteiger partial charge in [-0.25, -0.2) is 0 Å². The monoisotopic (exact) mass is 176 g/mol. The zero-order valence-corrected chi connectivity index (χ0v) is 7.78. The molecule has 1 nitrogen and oxygen atoms in total. The fourth-order valence-electron chi connectivity index (χ4n) is 1.23. The van der Waals surface area contributed by atoms with E-state index in [1.165, 1.54) is 38.5 Å². The normalized spacial score (nSPS) is 22.1. The van der Waals surface area contributed by atoms with Crippen LogP contribution in [0.1, 0.15) is 38.5 Å². The standard InChI is InChI=1S/C9H17ClO/c10-7-5-3-1-2-4-6-9-8-11-9/h9H,1-8H2. The average Bonchev–Trinajstić information content (AvgIpc) is 2.80. The quantitative estimate of drug-likeness (QED) is 0.330. The fourth-order valence-corrected chi connectivity index (χ4v) is 1.42. The first-order valence-corrected chi connectivity index (χ1v) is 5.14. The summed E-state index contributed by atoms with van der Waals surface area (Å²) < 4.78 is 5.12. The highest BCUT2D eigenvalue weighted by molar-refractivity contribution is 6.17. The van der Waals surface area contributed by atoms with Gasteiger partial charge in [-0.1, -0.05) is 25.7 Å². The maximum atomic E-state index is 5.55. The van der Waals surface area contributed by atoms with E-state index in [-0.39, 0.29) is 0 Å². The highest BCUT2D eigenvalue weighted by Gasteiger charge is 2.20. The molecule has 11 heavy (non-hydrogen) atoms. The van der Waals surface area contributed by atoms with Crippen molar-refractivity contribution in [3.63, 3.8) is 0 Å². The lowest BCUT2D eigenvalue weighted by Crippen LogP contribution is -1.85. The number of rotatable bonds is 7. The molecule has 1 aliphatic heterocycles.